The van der Waals surface area contributed by atoms with Gasteiger partial charge in [-0.1, -0.05) is 6.07 Å². The topological polar surface area (TPSA) is 193 Å². The molecule has 4 aromatic rings. The first kappa shape index (κ1) is 27.1. The first-order valence-electron chi connectivity index (χ1n) is 9.79. The van der Waals surface area contributed by atoms with E-state index in [0.717, 1.165) is 55.4 Å². The van der Waals surface area contributed by atoms with Gasteiger partial charge in [0.2, 0.25) is 22.7 Å². The summed E-state index contributed by atoms with van der Waals surface area (Å²) in [5, 5.41) is 5.54. The molecule has 36 heavy (non-hydrogen) atoms. The Labute approximate surface area is 205 Å². The van der Waals surface area contributed by atoms with E-state index in [0.29, 0.717) is 0 Å². The minimum Gasteiger partial charge on any atom is -0.726 e. The van der Waals surface area contributed by atoms with Gasteiger partial charge in [-0.05, 0) is 35.7 Å². The zero-order valence-corrected chi connectivity index (χ0v) is 20.7. The lowest BCUT2D eigenvalue weighted by atomic mass is 10.00. The Morgan fingerprint density at radius 2 is 1.42 bits per heavy atom. The summed E-state index contributed by atoms with van der Waals surface area (Å²) in [6.45, 7) is 0.273. The number of ether oxygens (including phenoxy) is 4. The average Bonchev–Trinajstić information content (AvgIpc) is 3.21. The van der Waals surface area contributed by atoms with Gasteiger partial charge < -0.3 is 23.5 Å². The van der Waals surface area contributed by atoms with E-state index in [2.05, 4.69) is 35.0 Å². The van der Waals surface area contributed by atoms with Crippen LogP contribution in [-0.4, -0.2) is 56.1 Å². The van der Waals surface area contributed by atoms with Crippen LogP contribution in [0.3, 0.4) is 0 Å². The lowest BCUT2D eigenvalue weighted by molar-refractivity contribution is -0.642. The molecule has 0 unspecified atom stereocenters. The lowest BCUT2D eigenvalue weighted by Gasteiger charge is -2.12. The standard InChI is InChI=1S/C21H18NO4.2H2O4S/c1-22-10-16-13(6-7-17(23-2)21(16)24-3)14-5-4-12-8-18-19(26-11-25-18)9-15(12)20(14)22;2*1-5(2,3)4/h4-10H,11H2,1-3H3;2*(H2,1,2,3,4)/q+1;;/p-1. The Morgan fingerprint density at radius 3 is 1.97 bits per heavy atom. The minimum absolute atomic E-state index is 0.273. The van der Waals surface area contributed by atoms with Gasteiger partial charge in [0.05, 0.1) is 30.4 Å². The maximum atomic E-state index is 8.74. The molecule has 0 spiro atoms. The van der Waals surface area contributed by atoms with Crippen molar-refractivity contribution in [3.8, 4) is 23.0 Å². The van der Waals surface area contributed by atoms with Gasteiger partial charge in [0, 0.05) is 5.39 Å². The largest absolute Gasteiger partial charge is 0.726 e. The van der Waals surface area contributed by atoms with Crippen molar-refractivity contribution in [1.29, 1.82) is 0 Å². The van der Waals surface area contributed by atoms with Crippen molar-refractivity contribution in [2.75, 3.05) is 21.0 Å². The molecule has 3 aromatic carbocycles. The molecular formula is C21H21NO12S2. The fourth-order valence-corrected chi connectivity index (χ4v) is 3.87. The predicted octanol–water partition coefficient (Wildman–Crippen LogP) is 2.07. The van der Waals surface area contributed by atoms with Crippen molar-refractivity contribution in [1.82, 2.24) is 0 Å². The summed E-state index contributed by atoms with van der Waals surface area (Å²) < 4.78 is 88.7. The Kier molecular flexibility index (Phi) is 7.73. The molecule has 15 heteroatoms. The molecule has 0 aliphatic carbocycles. The van der Waals surface area contributed by atoms with E-state index < -0.39 is 20.8 Å². The lowest BCUT2D eigenvalue weighted by Crippen LogP contribution is -2.28. The number of pyridine rings is 1. The van der Waals surface area contributed by atoms with Crippen LogP contribution in [0.2, 0.25) is 0 Å². The van der Waals surface area contributed by atoms with E-state index >= 15 is 0 Å². The van der Waals surface area contributed by atoms with E-state index in [-0.39, 0.29) is 6.79 Å². The highest BCUT2D eigenvalue weighted by atomic mass is 32.3. The zero-order chi connectivity index (χ0) is 26.8. The number of rotatable bonds is 2. The normalized spacial score (nSPS) is 12.5. The number of fused-ring (bicyclic) bond motifs is 6. The summed E-state index contributed by atoms with van der Waals surface area (Å²) in [5.41, 5.74) is 1.14. The number of hydrogen-bond donors (Lipinski definition) is 3. The molecule has 1 aliphatic heterocycles. The number of nitrogens with zero attached hydrogens (tertiary/aromatic N) is 1. The number of aryl methyl sites for hydroxylation is 1. The minimum atomic E-state index is -4.92. The molecule has 0 radical (unpaired) electrons. The third kappa shape index (κ3) is 6.39. The van der Waals surface area contributed by atoms with Crippen LogP contribution in [0.15, 0.2) is 42.6 Å². The van der Waals surface area contributed by atoms with Gasteiger partial charge in [0.25, 0.3) is 0 Å². The summed E-state index contributed by atoms with van der Waals surface area (Å²) in [7, 11) is -4.21. The third-order valence-electron chi connectivity index (χ3n) is 5.03. The van der Waals surface area contributed by atoms with Crippen LogP contribution < -0.4 is 23.5 Å². The second-order valence-corrected chi connectivity index (χ2v) is 9.02. The summed E-state index contributed by atoms with van der Waals surface area (Å²) in [6, 6.07) is 12.4. The average molecular weight is 544 g/mol. The Morgan fingerprint density at radius 1 is 0.861 bits per heavy atom. The summed E-state index contributed by atoms with van der Waals surface area (Å²) in [6.07, 6.45) is 2.09. The quantitative estimate of drug-likeness (QED) is 0.144. The number of aromatic nitrogens is 1. The van der Waals surface area contributed by atoms with Crippen molar-refractivity contribution in [3.05, 3.63) is 42.6 Å². The van der Waals surface area contributed by atoms with Crippen LogP contribution in [-0.2, 0) is 27.8 Å². The molecule has 0 bridgehead atoms. The molecule has 1 aliphatic rings. The SMILES string of the molecule is COc1ccc2c(c[n+](C)c3c4cc5c(cc4ccc23)OCO5)c1OC.O=S(=O)(O)O.O=S(=O)([O-])O. The van der Waals surface area contributed by atoms with Gasteiger partial charge in [0.1, 0.15) is 7.05 Å². The van der Waals surface area contributed by atoms with Crippen LogP contribution in [0.5, 0.6) is 23.0 Å². The molecular weight excluding hydrogens is 522 g/mol. The summed E-state index contributed by atoms with van der Waals surface area (Å²) in [5.74, 6) is 3.06. The highest BCUT2D eigenvalue weighted by Gasteiger charge is 2.22. The molecule has 5 rings (SSSR count). The van der Waals surface area contributed by atoms with Crippen LogP contribution in [0, 0.1) is 0 Å². The van der Waals surface area contributed by atoms with Gasteiger partial charge in [-0.3, -0.25) is 13.7 Å². The number of methoxy groups -OCH3 is 2. The Balaban J connectivity index is 0.000000310. The second kappa shape index (κ2) is 10.3. The van der Waals surface area contributed by atoms with Gasteiger partial charge in [-0.2, -0.15) is 13.0 Å². The van der Waals surface area contributed by atoms with Crippen molar-refractivity contribution >= 4 is 53.2 Å². The van der Waals surface area contributed by atoms with Gasteiger partial charge >= 0.3 is 10.4 Å². The van der Waals surface area contributed by atoms with Crippen molar-refractivity contribution < 1.29 is 58.6 Å². The van der Waals surface area contributed by atoms with Gasteiger partial charge in [0.15, 0.2) is 29.2 Å². The fraction of sp³-hybridized carbons (Fsp3) is 0.190. The molecule has 0 saturated carbocycles. The van der Waals surface area contributed by atoms with E-state index in [1.54, 1.807) is 14.2 Å². The molecule has 13 nitrogen and oxygen atoms in total. The first-order valence-corrected chi connectivity index (χ1v) is 12.5. The Bertz CT molecular complexity index is 1620. The zero-order valence-electron chi connectivity index (χ0n) is 19.0. The van der Waals surface area contributed by atoms with Crippen molar-refractivity contribution in [2.24, 2.45) is 7.05 Å². The third-order valence-corrected chi connectivity index (χ3v) is 5.03. The van der Waals surface area contributed by atoms with Gasteiger partial charge in [-0.15, -0.1) is 0 Å². The highest BCUT2D eigenvalue weighted by Crippen LogP contribution is 2.41. The molecule has 0 amide bonds. The Hall–Kier alpha value is -3.47. The van der Waals surface area contributed by atoms with E-state index in [1.807, 2.05) is 19.2 Å². The fourth-order valence-electron chi connectivity index (χ4n) is 3.87. The number of hydrogen-bond acceptors (Lipinski definition) is 9. The monoisotopic (exact) mass is 543 g/mol. The van der Waals surface area contributed by atoms with Crippen molar-refractivity contribution in [3.63, 3.8) is 0 Å². The molecule has 0 saturated heterocycles. The van der Waals surface area contributed by atoms with Crippen LogP contribution in [0.4, 0.5) is 0 Å². The van der Waals surface area contributed by atoms with E-state index in [4.69, 9.17) is 54.0 Å². The maximum Gasteiger partial charge on any atom is 0.394 e. The van der Waals surface area contributed by atoms with E-state index in [9.17, 15) is 0 Å². The molecule has 194 valence electrons. The van der Waals surface area contributed by atoms with Crippen LogP contribution in [0.25, 0.3) is 32.4 Å². The van der Waals surface area contributed by atoms with Gasteiger partial charge in [-0.25, -0.2) is 8.42 Å². The molecule has 0 atom stereocenters. The van der Waals surface area contributed by atoms with Crippen LogP contribution >= 0.6 is 0 Å². The molecule has 3 N–H and O–H groups in total. The maximum absolute atomic E-state index is 8.74. The predicted molar refractivity (Wildman–Crippen MR) is 126 cm³/mol. The first-order chi connectivity index (χ1) is 16.7. The summed E-state index contributed by atoms with van der Waals surface area (Å²) in [4.78, 5) is 0. The van der Waals surface area contributed by atoms with E-state index in [1.165, 1.54) is 0 Å². The second-order valence-electron chi connectivity index (χ2n) is 7.27. The smallest absolute Gasteiger partial charge is 0.394 e. The molecule has 1 aromatic heterocycles. The molecule has 2 heterocycles. The highest BCUT2D eigenvalue weighted by molar-refractivity contribution is 7.80. The van der Waals surface area contributed by atoms with Crippen molar-refractivity contribution in [2.45, 2.75) is 0 Å². The van der Waals surface area contributed by atoms with Crippen LogP contribution in [0.1, 0.15) is 0 Å². The summed E-state index contributed by atoms with van der Waals surface area (Å²) >= 11 is 0. The number of benzene rings is 3. The molecule has 0 fully saturated rings.